The SMILES string of the molecule is Cc1cc(Br)ccc1C(N)c1ccccc1C1CCC1. The van der Waals surface area contributed by atoms with Gasteiger partial charge in [-0.3, -0.25) is 0 Å². The molecule has 1 unspecified atom stereocenters. The average molecular weight is 330 g/mol. The first kappa shape index (κ1) is 13.8. The second kappa shape index (κ2) is 5.71. The monoisotopic (exact) mass is 329 g/mol. The van der Waals surface area contributed by atoms with Crippen LogP contribution in [0, 0.1) is 6.92 Å². The first-order chi connectivity index (χ1) is 9.66. The van der Waals surface area contributed by atoms with Crippen LogP contribution in [0.4, 0.5) is 0 Å². The van der Waals surface area contributed by atoms with E-state index in [2.05, 4.69) is 65.3 Å². The molecule has 1 saturated carbocycles. The summed E-state index contributed by atoms with van der Waals surface area (Å²) in [5.41, 5.74) is 11.8. The molecule has 0 aromatic heterocycles. The predicted molar refractivity (Wildman–Crippen MR) is 87.9 cm³/mol. The highest BCUT2D eigenvalue weighted by molar-refractivity contribution is 9.10. The van der Waals surface area contributed by atoms with Gasteiger partial charge in [0.25, 0.3) is 0 Å². The number of rotatable bonds is 3. The van der Waals surface area contributed by atoms with E-state index in [1.807, 2.05) is 0 Å². The van der Waals surface area contributed by atoms with Crippen LogP contribution in [0.15, 0.2) is 46.9 Å². The van der Waals surface area contributed by atoms with Crippen molar-refractivity contribution < 1.29 is 0 Å². The van der Waals surface area contributed by atoms with Gasteiger partial charge in [-0.2, -0.15) is 0 Å². The molecule has 0 aliphatic heterocycles. The summed E-state index contributed by atoms with van der Waals surface area (Å²) in [7, 11) is 0. The topological polar surface area (TPSA) is 26.0 Å². The Morgan fingerprint density at radius 1 is 1.10 bits per heavy atom. The van der Waals surface area contributed by atoms with Crippen molar-refractivity contribution in [2.24, 2.45) is 5.73 Å². The highest BCUT2D eigenvalue weighted by Gasteiger charge is 2.24. The van der Waals surface area contributed by atoms with Crippen LogP contribution < -0.4 is 5.73 Å². The molecule has 0 bridgehead atoms. The lowest BCUT2D eigenvalue weighted by Crippen LogP contribution is -2.19. The summed E-state index contributed by atoms with van der Waals surface area (Å²) in [5.74, 6) is 0.716. The van der Waals surface area contributed by atoms with E-state index in [0.717, 1.165) is 4.47 Å². The zero-order chi connectivity index (χ0) is 14.1. The van der Waals surface area contributed by atoms with Gasteiger partial charge >= 0.3 is 0 Å². The van der Waals surface area contributed by atoms with Gasteiger partial charge in [0, 0.05) is 4.47 Å². The Morgan fingerprint density at radius 2 is 1.85 bits per heavy atom. The Hall–Kier alpha value is -1.12. The Bertz CT molecular complexity index is 617. The second-order valence-electron chi connectivity index (χ2n) is 5.74. The van der Waals surface area contributed by atoms with E-state index in [1.54, 1.807) is 0 Å². The third-order valence-electron chi connectivity index (χ3n) is 4.44. The van der Waals surface area contributed by atoms with Gasteiger partial charge in [-0.05, 0) is 60.1 Å². The third kappa shape index (κ3) is 2.55. The van der Waals surface area contributed by atoms with Crippen molar-refractivity contribution in [1.29, 1.82) is 0 Å². The predicted octanol–water partition coefficient (Wildman–Crippen LogP) is 5.07. The van der Waals surface area contributed by atoms with Crippen molar-refractivity contribution >= 4 is 15.9 Å². The van der Waals surface area contributed by atoms with Crippen molar-refractivity contribution in [3.8, 4) is 0 Å². The first-order valence-corrected chi connectivity index (χ1v) is 8.06. The van der Waals surface area contributed by atoms with Crippen molar-refractivity contribution in [1.82, 2.24) is 0 Å². The van der Waals surface area contributed by atoms with Gasteiger partial charge in [0.1, 0.15) is 0 Å². The molecular weight excluding hydrogens is 310 g/mol. The minimum absolute atomic E-state index is 0.0279. The van der Waals surface area contributed by atoms with Crippen LogP contribution in [0.2, 0.25) is 0 Å². The molecule has 1 fully saturated rings. The number of hydrogen-bond acceptors (Lipinski definition) is 1. The minimum atomic E-state index is -0.0279. The zero-order valence-electron chi connectivity index (χ0n) is 11.8. The fraction of sp³-hybridized carbons (Fsp3) is 0.333. The summed E-state index contributed by atoms with van der Waals surface area (Å²) in [6, 6.07) is 15.0. The molecule has 0 radical (unpaired) electrons. The largest absolute Gasteiger partial charge is 0.320 e. The van der Waals surface area contributed by atoms with Crippen LogP contribution in [0.1, 0.15) is 53.5 Å². The molecule has 1 nitrogen and oxygen atoms in total. The Balaban J connectivity index is 1.99. The van der Waals surface area contributed by atoms with Crippen LogP contribution in [0.5, 0.6) is 0 Å². The normalized spacial score (nSPS) is 16.8. The minimum Gasteiger partial charge on any atom is -0.320 e. The van der Waals surface area contributed by atoms with Crippen LogP contribution in [0.25, 0.3) is 0 Å². The van der Waals surface area contributed by atoms with Crippen molar-refractivity contribution in [3.05, 3.63) is 69.2 Å². The first-order valence-electron chi connectivity index (χ1n) is 7.27. The van der Waals surface area contributed by atoms with Crippen LogP contribution in [-0.4, -0.2) is 0 Å². The smallest absolute Gasteiger partial charge is 0.0557 e. The lowest BCUT2D eigenvalue weighted by atomic mass is 9.76. The maximum absolute atomic E-state index is 6.57. The molecule has 104 valence electrons. The fourth-order valence-electron chi connectivity index (χ4n) is 3.04. The molecule has 1 aliphatic rings. The summed E-state index contributed by atoms with van der Waals surface area (Å²) in [6.45, 7) is 2.13. The molecule has 0 spiro atoms. The number of halogens is 1. The van der Waals surface area contributed by atoms with E-state index in [4.69, 9.17) is 5.73 Å². The van der Waals surface area contributed by atoms with Gasteiger partial charge in [0.15, 0.2) is 0 Å². The summed E-state index contributed by atoms with van der Waals surface area (Å²) < 4.78 is 1.11. The Labute approximate surface area is 129 Å². The molecule has 3 rings (SSSR count). The van der Waals surface area contributed by atoms with E-state index in [1.165, 1.54) is 41.5 Å². The van der Waals surface area contributed by atoms with E-state index < -0.39 is 0 Å². The lowest BCUT2D eigenvalue weighted by molar-refractivity contribution is 0.416. The standard InChI is InChI=1S/C18H20BrN/c1-12-11-14(19)9-10-15(12)18(20)17-8-3-2-7-16(17)13-5-4-6-13/h2-3,7-11,13,18H,4-6,20H2,1H3. The molecule has 0 amide bonds. The summed E-state index contributed by atoms with van der Waals surface area (Å²) in [4.78, 5) is 0. The fourth-order valence-corrected chi connectivity index (χ4v) is 3.52. The van der Waals surface area contributed by atoms with Gasteiger partial charge in [-0.1, -0.05) is 52.7 Å². The van der Waals surface area contributed by atoms with Gasteiger partial charge in [-0.15, -0.1) is 0 Å². The van der Waals surface area contributed by atoms with Crippen LogP contribution >= 0.6 is 15.9 Å². The number of hydrogen-bond donors (Lipinski definition) is 1. The number of nitrogens with two attached hydrogens (primary N) is 1. The average Bonchev–Trinajstić information content (AvgIpc) is 2.37. The van der Waals surface area contributed by atoms with Crippen molar-refractivity contribution in [3.63, 3.8) is 0 Å². The molecule has 0 saturated heterocycles. The summed E-state index contributed by atoms with van der Waals surface area (Å²) >= 11 is 3.52. The van der Waals surface area contributed by atoms with E-state index >= 15 is 0 Å². The van der Waals surface area contributed by atoms with Gasteiger partial charge < -0.3 is 5.73 Å². The van der Waals surface area contributed by atoms with E-state index in [9.17, 15) is 0 Å². The second-order valence-corrected chi connectivity index (χ2v) is 6.65. The Morgan fingerprint density at radius 3 is 2.50 bits per heavy atom. The Kier molecular flexibility index (Phi) is 3.95. The van der Waals surface area contributed by atoms with Gasteiger partial charge in [-0.25, -0.2) is 0 Å². The molecule has 0 heterocycles. The van der Waals surface area contributed by atoms with Crippen LogP contribution in [0.3, 0.4) is 0 Å². The maximum atomic E-state index is 6.57. The number of benzene rings is 2. The highest BCUT2D eigenvalue weighted by atomic mass is 79.9. The molecule has 2 heteroatoms. The molecule has 2 aromatic rings. The molecule has 20 heavy (non-hydrogen) atoms. The molecule has 1 atom stereocenters. The van der Waals surface area contributed by atoms with Crippen molar-refractivity contribution in [2.75, 3.05) is 0 Å². The third-order valence-corrected chi connectivity index (χ3v) is 4.94. The van der Waals surface area contributed by atoms with Crippen molar-refractivity contribution in [2.45, 2.75) is 38.1 Å². The van der Waals surface area contributed by atoms with E-state index in [0.29, 0.717) is 5.92 Å². The molecule has 2 aromatic carbocycles. The highest BCUT2D eigenvalue weighted by Crippen LogP contribution is 2.40. The number of aryl methyl sites for hydroxylation is 1. The quantitative estimate of drug-likeness (QED) is 0.835. The summed E-state index contributed by atoms with van der Waals surface area (Å²) in [5, 5.41) is 0. The molecule has 1 aliphatic carbocycles. The summed E-state index contributed by atoms with van der Waals surface area (Å²) in [6.07, 6.45) is 3.97. The van der Waals surface area contributed by atoms with Gasteiger partial charge in [0.2, 0.25) is 0 Å². The molecule has 2 N–H and O–H groups in total. The molecular formula is C18H20BrN. The lowest BCUT2D eigenvalue weighted by Gasteiger charge is -2.30. The van der Waals surface area contributed by atoms with E-state index in [-0.39, 0.29) is 6.04 Å². The van der Waals surface area contributed by atoms with Crippen LogP contribution in [-0.2, 0) is 0 Å². The maximum Gasteiger partial charge on any atom is 0.0557 e. The van der Waals surface area contributed by atoms with Gasteiger partial charge in [0.05, 0.1) is 6.04 Å². The zero-order valence-corrected chi connectivity index (χ0v) is 13.4.